The quantitative estimate of drug-likeness (QED) is 0.712. The molecule has 0 spiro atoms. The predicted molar refractivity (Wildman–Crippen MR) is 68.9 cm³/mol. The average Bonchev–Trinajstić information content (AvgIpc) is 2.35. The number of esters is 1. The van der Waals surface area contributed by atoms with Crippen LogP contribution < -0.4 is 5.32 Å². The fraction of sp³-hybridized carbons (Fsp3) is 0.923. The predicted octanol–water partition coefficient (Wildman–Crippen LogP) is 1.26. The van der Waals surface area contributed by atoms with Crippen LogP contribution in [0.15, 0.2) is 0 Å². The molecule has 0 aromatic rings. The third-order valence-corrected chi connectivity index (χ3v) is 3.55. The molecule has 4 nitrogen and oxygen atoms in total. The zero-order chi connectivity index (χ0) is 12.7. The molecule has 1 rings (SSSR count). The molecule has 1 saturated heterocycles. The van der Waals surface area contributed by atoms with Gasteiger partial charge < -0.3 is 15.0 Å². The van der Waals surface area contributed by atoms with Crippen molar-refractivity contribution in [1.29, 1.82) is 0 Å². The van der Waals surface area contributed by atoms with Gasteiger partial charge in [-0.15, -0.1) is 0 Å². The van der Waals surface area contributed by atoms with Crippen LogP contribution in [-0.4, -0.2) is 50.2 Å². The maximum atomic E-state index is 11.5. The summed E-state index contributed by atoms with van der Waals surface area (Å²) in [7, 11) is 1.45. The van der Waals surface area contributed by atoms with Gasteiger partial charge in [0, 0.05) is 6.54 Å². The standard InChI is InChI=1S/C13H26N2O2/c1-4-14-12(13(16)17-3)7-10-15-8-5-11(2)6-9-15/h11-12,14H,4-10H2,1-3H3. The lowest BCUT2D eigenvalue weighted by molar-refractivity contribution is -0.143. The first-order valence-corrected chi connectivity index (χ1v) is 6.71. The first kappa shape index (κ1) is 14.5. The van der Waals surface area contributed by atoms with Crippen LogP contribution in [0.3, 0.4) is 0 Å². The molecule has 4 heteroatoms. The molecule has 100 valence electrons. The van der Waals surface area contributed by atoms with E-state index in [2.05, 4.69) is 17.1 Å². The highest BCUT2D eigenvalue weighted by Crippen LogP contribution is 2.16. The Morgan fingerprint density at radius 1 is 1.47 bits per heavy atom. The summed E-state index contributed by atoms with van der Waals surface area (Å²) in [6.45, 7) is 8.45. The van der Waals surface area contributed by atoms with E-state index in [9.17, 15) is 4.79 Å². The van der Waals surface area contributed by atoms with Gasteiger partial charge in [-0.05, 0) is 44.8 Å². The lowest BCUT2D eigenvalue weighted by atomic mass is 9.99. The zero-order valence-corrected chi connectivity index (χ0v) is 11.4. The van der Waals surface area contributed by atoms with Crippen LogP contribution in [0, 0.1) is 5.92 Å². The Labute approximate surface area is 105 Å². The molecule has 1 unspecified atom stereocenters. The summed E-state index contributed by atoms with van der Waals surface area (Å²) in [6, 6.07) is -0.149. The third kappa shape index (κ3) is 5.04. The molecule has 0 radical (unpaired) electrons. The van der Waals surface area contributed by atoms with E-state index in [1.807, 2.05) is 6.92 Å². The second-order valence-electron chi connectivity index (χ2n) is 4.95. The number of carbonyl (C=O) groups is 1. The Kier molecular flexibility index (Phi) is 6.52. The number of piperidine rings is 1. The van der Waals surface area contributed by atoms with E-state index in [4.69, 9.17) is 4.74 Å². The van der Waals surface area contributed by atoms with Crippen molar-refractivity contribution in [1.82, 2.24) is 10.2 Å². The first-order chi connectivity index (χ1) is 8.17. The summed E-state index contributed by atoms with van der Waals surface area (Å²) in [5.74, 6) is 0.716. The summed E-state index contributed by atoms with van der Waals surface area (Å²) < 4.78 is 4.80. The Balaban J connectivity index is 2.28. The topological polar surface area (TPSA) is 41.6 Å². The molecule has 0 bridgehead atoms. The molecule has 1 fully saturated rings. The molecule has 0 aromatic carbocycles. The van der Waals surface area contributed by atoms with Crippen LogP contribution in [0.4, 0.5) is 0 Å². The van der Waals surface area contributed by atoms with Gasteiger partial charge in [0.15, 0.2) is 0 Å². The molecular weight excluding hydrogens is 216 g/mol. The van der Waals surface area contributed by atoms with Crippen LogP contribution in [0.1, 0.15) is 33.1 Å². The number of nitrogens with zero attached hydrogens (tertiary/aromatic N) is 1. The van der Waals surface area contributed by atoms with E-state index in [-0.39, 0.29) is 12.0 Å². The van der Waals surface area contributed by atoms with E-state index in [1.54, 1.807) is 0 Å². The van der Waals surface area contributed by atoms with Gasteiger partial charge in [0.2, 0.25) is 0 Å². The van der Waals surface area contributed by atoms with Gasteiger partial charge in [-0.25, -0.2) is 0 Å². The van der Waals surface area contributed by atoms with Crippen LogP contribution in [0.2, 0.25) is 0 Å². The molecule has 0 aliphatic carbocycles. The van der Waals surface area contributed by atoms with E-state index in [0.717, 1.165) is 25.4 Å². The second kappa shape index (κ2) is 7.67. The summed E-state index contributed by atoms with van der Waals surface area (Å²) in [6.07, 6.45) is 3.41. The minimum absolute atomic E-state index is 0.141. The van der Waals surface area contributed by atoms with Crippen molar-refractivity contribution < 1.29 is 9.53 Å². The lowest BCUT2D eigenvalue weighted by Crippen LogP contribution is -2.42. The highest BCUT2D eigenvalue weighted by molar-refractivity contribution is 5.75. The lowest BCUT2D eigenvalue weighted by Gasteiger charge is -2.31. The largest absolute Gasteiger partial charge is 0.468 e. The Bertz CT molecular complexity index is 225. The van der Waals surface area contributed by atoms with Crippen LogP contribution in [0.25, 0.3) is 0 Å². The molecule has 0 aromatic heterocycles. The summed E-state index contributed by atoms with van der Waals surface area (Å²) in [5, 5.41) is 3.18. The van der Waals surface area contributed by atoms with Crippen molar-refractivity contribution in [3.05, 3.63) is 0 Å². The maximum absolute atomic E-state index is 11.5. The summed E-state index contributed by atoms with van der Waals surface area (Å²) >= 11 is 0. The fourth-order valence-corrected chi connectivity index (χ4v) is 2.29. The van der Waals surface area contributed by atoms with Crippen LogP contribution >= 0.6 is 0 Å². The molecule has 17 heavy (non-hydrogen) atoms. The number of likely N-dealkylation sites (N-methyl/N-ethyl adjacent to an activating group) is 1. The highest BCUT2D eigenvalue weighted by atomic mass is 16.5. The number of rotatable bonds is 6. The number of likely N-dealkylation sites (tertiary alicyclic amines) is 1. The molecule has 1 N–H and O–H groups in total. The van der Waals surface area contributed by atoms with Crippen molar-refractivity contribution >= 4 is 5.97 Å². The second-order valence-corrected chi connectivity index (χ2v) is 4.95. The van der Waals surface area contributed by atoms with E-state index in [1.165, 1.54) is 33.0 Å². The molecule has 0 saturated carbocycles. The summed E-state index contributed by atoms with van der Waals surface area (Å²) in [5.41, 5.74) is 0. The first-order valence-electron chi connectivity index (χ1n) is 6.71. The van der Waals surface area contributed by atoms with Crippen molar-refractivity contribution in [3.8, 4) is 0 Å². The SMILES string of the molecule is CCNC(CCN1CCC(C)CC1)C(=O)OC. The monoisotopic (exact) mass is 242 g/mol. The van der Waals surface area contributed by atoms with E-state index < -0.39 is 0 Å². The van der Waals surface area contributed by atoms with E-state index in [0.29, 0.717) is 0 Å². The van der Waals surface area contributed by atoms with Gasteiger partial charge >= 0.3 is 5.97 Å². The van der Waals surface area contributed by atoms with Gasteiger partial charge in [0.1, 0.15) is 6.04 Å². The van der Waals surface area contributed by atoms with Gasteiger partial charge in [0.25, 0.3) is 0 Å². The van der Waals surface area contributed by atoms with Gasteiger partial charge in [-0.3, -0.25) is 4.79 Å². The van der Waals surface area contributed by atoms with Gasteiger partial charge in [-0.2, -0.15) is 0 Å². The maximum Gasteiger partial charge on any atom is 0.322 e. The minimum atomic E-state index is -0.149. The number of ether oxygens (including phenoxy) is 1. The third-order valence-electron chi connectivity index (χ3n) is 3.55. The van der Waals surface area contributed by atoms with Gasteiger partial charge in [-0.1, -0.05) is 13.8 Å². The normalized spacial score (nSPS) is 20.2. The number of hydrogen-bond acceptors (Lipinski definition) is 4. The Morgan fingerprint density at radius 2 is 2.12 bits per heavy atom. The van der Waals surface area contributed by atoms with Crippen molar-refractivity contribution in [3.63, 3.8) is 0 Å². The Morgan fingerprint density at radius 3 is 2.65 bits per heavy atom. The van der Waals surface area contributed by atoms with Crippen molar-refractivity contribution in [2.24, 2.45) is 5.92 Å². The van der Waals surface area contributed by atoms with Crippen LogP contribution in [0.5, 0.6) is 0 Å². The number of hydrogen-bond donors (Lipinski definition) is 1. The van der Waals surface area contributed by atoms with E-state index >= 15 is 0 Å². The highest BCUT2D eigenvalue weighted by Gasteiger charge is 2.21. The fourth-order valence-electron chi connectivity index (χ4n) is 2.29. The molecule has 1 atom stereocenters. The molecule has 0 amide bonds. The van der Waals surface area contributed by atoms with Crippen LogP contribution in [-0.2, 0) is 9.53 Å². The minimum Gasteiger partial charge on any atom is -0.468 e. The van der Waals surface area contributed by atoms with Crippen molar-refractivity contribution in [2.45, 2.75) is 39.2 Å². The number of methoxy groups -OCH3 is 1. The van der Waals surface area contributed by atoms with Crippen molar-refractivity contribution in [2.75, 3.05) is 33.3 Å². The zero-order valence-electron chi connectivity index (χ0n) is 11.4. The molecule has 1 aliphatic rings. The molecule has 1 aliphatic heterocycles. The smallest absolute Gasteiger partial charge is 0.322 e. The molecule has 1 heterocycles. The average molecular weight is 242 g/mol. The molecular formula is C13H26N2O2. The van der Waals surface area contributed by atoms with Gasteiger partial charge in [0.05, 0.1) is 7.11 Å². The summed E-state index contributed by atoms with van der Waals surface area (Å²) in [4.78, 5) is 14.0. The number of carbonyl (C=O) groups excluding carboxylic acids is 1. The number of nitrogens with one attached hydrogen (secondary N) is 1. The Hall–Kier alpha value is -0.610.